The summed E-state index contributed by atoms with van der Waals surface area (Å²) in [4.78, 5) is 17.1. The molecule has 1 aromatic rings. The zero-order valence-corrected chi connectivity index (χ0v) is 14.3. The highest BCUT2D eigenvalue weighted by atomic mass is 16.2. The summed E-state index contributed by atoms with van der Waals surface area (Å²) in [5.74, 6) is 0.146. The van der Waals surface area contributed by atoms with Crippen molar-refractivity contribution in [2.75, 3.05) is 32.7 Å². The zero-order chi connectivity index (χ0) is 16.1. The van der Waals surface area contributed by atoms with Gasteiger partial charge in [-0.15, -0.1) is 0 Å². The van der Waals surface area contributed by atoms with Crippen LogP contribution in [0.2, 0.25) is 0 Å². The molecule has 0 saturated carbocycles. The Hall–Kier alpha value is -1.39. The van der Waals surface area contributed by atoms with Gasteiger partial charge in [-0.3, -0.25) is 9.69 Å². The lowest BCUT2D eigenvalue weighted by Crippen LogP contribution is -2.46. The number of piperidine rings is 1. The third-order valence-corrected chi connectivity index (χ3v) is 5.32. The van der Waals surface area contributed by atoms with Crippen LogP contribution >= 0.6 is 0 Å². The fourth-order valence-electron chi connectivity index (χ4n) is 3.81. The lowest BCUT2D eigenvalue weighted by Gasteiger charge is -2.36. The SMILES string of the molecule is Cc1ccccc1CNC(=O)CN1CCC(N2CCCC2)CC1. The third kappa shape index (κ3) is 4.55. The molecule has 126 valence electrons. The maximum atomic E-state index is 12.2. The van der Waals surface area contributed by atoms with Crippen LogP contribution < -0.4 is 5.32 Å². The minimum absolute atomic E-state index is 0.146. The number of benzene rings is 1. The molecule has 4 nitrogen and oxygen atoms in total. The van der Waals surface area contributed by atoms with Gasteiger partial charge in [0.2, 0.25) is 5.91 Å². The summed E-state index contributed by atoms with van der Waals surface area (Å²) in [7, 11) is 0. The summed E-state index contributed by atoms with van der Waals surface area (Å²) in [5, 5.41) is 3.06. The molecular formula is C19H29N3O. The first kappa shape index (κ1) is 16.5. The Labute approximate surface area is 139 Å². The van der Waals surface area contributed by atoms with Gasteiger partial charge < -0.3 is 10.2 Å². The minimum Gasteiger partial charge on any atom is -0.351 e. The summed E-state index contributed by atoms with van der Waals surface area (Å²) in [6.45, 7) is 7.93. The van der Waals surface area contributed by atoms with Crippen molar-refractivity contribution in [2.45, 2.75) is 45.2 Å². The van der Waals surface area contributed by atoms with Crippen LogP contribution in [0.15, 0.2) is 24.3 Å². The zero-order valence-electron chi connectivity index (χ0n) is 14.3. The third-order valence-electron chi connectivity index (χ3n) is 5.32. The summed E-state index contributed by atoms with van der Waals surface area (Å²) >= 11 is 0. The largest absolute Gasteiger partial charge is 0.351 e. The van der Waals surface area contributed by atoms with E-state index in [1.165, 1.54) is 49.9 Å². The van der Waals surface area contributed by atoms with E-state index >= 15 is 0 Å². The summed E-state index contributed by atoms with van der Waals surface area (Å²) in [6, 6.07) is 8.98. The number of carbonyl (C=O) groups is 1. The number of amides is 1. The standard InChI is InChI=1S/C19H29N3O/c1-16-6-2-3-7-17(16)14-20-19(23)15-21-12-8-18(9-13-21)22-10-4-5-11-22/h2-3,6-7,18H,4-5,8-15H2,1H3,(H,20,23). The lowest BCUT2D eigenvalue weighted by atomic mass is 10.0. The number of rotatable bonds is 5. The van der Waals surface area contributed by atoms with Crippen molar-refractivity contribution >= 4 is 5.91 Å². The highest BCUT2D eigenvalue weighted by Gasteiger charge is 2.26. The molecule has 1 aromatic carbocycles. The fourth-order valence-corrected chi connectivity index (χ4v) is 3.81. The Morgan fingerprint density at radius 2 is 1.83 bits per heavy atom. The Morgan fingerprint density at radius 3 is 2.52 bits per heavy atom. The predicted octanol–water partition coefficient (Wildman–Crippen LogP) is 2.17. The van der Waals surface area contributed by atoms with Crippen LogP contribution in [-0.4, -0.2) is 54.5 Å². The van der Waals surface area contributed by atoms with Crippen molar-refractivity contribution in [3.05, 3.63) is 35.4 Å². The maximum Gasteiger partial charge on any atom is 0.234 e. The molecule has 1 N–H and O–H groups in total. The Kier molecular flexibility index (Phi) is 5.68. The van der Waals surface area contributed by atoms with E-state index in [-0.39, 0.29) is 5.91 Å². The molecule has 0 bridgehead atoms. The fraction of sp³-hybridized carbons (Fsp3) is 0.632. The summed E-state index contributed by atoms with van der Waals surface area (Å²) < 4.78 is 0. The predicted molar refractivity (Wildman–Crippen MR) is 93.3 cm³/mol. The molecule has 0 atom stereocenters. The van der Waals surface area contributed by atoms with Crippen LogP contribution in [0.1, 0.15) is 36.8 Å². The smallest absolute Gasteiger partial charge is 0.234 e. The Morgan fingerprint density at radius 1 is 1.13 bits per heavy atom. The first-order chi connectivity index (χ1) is 11.2. The van der Waals surface area contributed by atoms with Gasteiger partial charge in [0.1, 0.15) is 0 Å². The molecule has 0 aliphatic carbocycles. The topological polar surface area (TPSA) is 35.6 Å². The van der Waals surface area contributed by atoms with Gasteiger partial charge in [-0.1, -0.05) is 24.3 Å². The average Bonchev–Trinajstić information content (AvgIpc) is 3.09. The van der Waals surface area contributed by atoms with E-state index in [1.54, 1.807) is 0 Å². The molecule has 3 rings (SSSR count). The van der Waals surface area contributed by atoms with Gasteiger partial charge in [-0.2, -0.15) is 0 Å². The van der Waals surface area contributed by atoms with Crippen molar-refractivity contribution in [3.8, 4) is 0 Å². The van der Waals surface area contributed by atoms with Gasteiger partial charge in [-0.25, -0.2) is 0 Å². The quantitative estimate of drug-likeness (QED) is 0.904. The number of hydrogen-bond acceptors (Lipinski definition) is 3. The lowest BCUT2D eigenvalue weighted by molar-refractivity contribution is -0.122. The first-order valence-electron chi connectivity index (χ1n) is 9.00. The molecule has 0 radical (unpaired) electrons. The second-order valence-corrected chi connectivity index (χ2v) is 6.95. The minimum atomic E-state index is 0.146. The summed E-state index contributed by atoms with van der Waals surface area (Å²) in [5.41, 5.74) is 2.44. The molecule has 2 saturated heterocycles. The van der Waals surface area contributed by atoms with E-state index in [1.807, 2.05) is 12.1 Å². The number of carbonyl (C=O) groups excluding carboxylic acids is 1. The number of aryl methyl sites for hydroxylation is 1. The van der Waals surface area contributed by atoms with Crippen molar-refractivity contribution in [3.63, 3.8) is 0 Å². The van der Waals surface area contributed by atoms with Crippen LogP contribution in [0.3, 0.4) is 0 Å². The van der Waals surface area contributed by atoms with Crippen LogP contribution in [-0.2, 0) is 11.3 Å². The second kappa shape index (κ2) is 7.93. The molecule has 0 spiro atoms. The Bertz CT molecular complexity index is 517. The van der Waals surface area contributed by atoms with Gasteiger partial charge in [0, 0.05) is 25.7 Å². The summed E-state index contributed by atoms with van der Waals surface area (Å²) in [6.07, 6.45) is 5.15. The number of likely N-dealkylation sites (tertiary alicyclic amines) is 2. The monoisotopic (exact) mass is 315 g/mol. The van der Waals surface area contributed by atoms with E-state index in [0.29, 0.717) is 13.1 Å². The van der Waals surface area contributed by atoms with Crippen molar-refractivity contribution in [2.24, 2.45) is 0 Å². The molecule has 4 heteroatoms. The first-order valence-corrected chi connectivity index (χ1v) is 9.00. The van der Waals surface area contributed by atoms with Crippen LogP contribution in [0, 0.1) is 6.92 Å². The molecule has 1 amide bonds. The maximum absolute atomic E-state index is 12.2. The number of nitrogens with zero attached hydrogens (tertiary/aromatic N) is 2. The van der Waals surface area contributed by atoms with Crippen molar-refractivity contribution in [1.29, 1.82) is 0 Å². The van der Waals surface area contributed by atoms with Gasteiger partial charge >= 0.3 is 0 Å². The number of nitrogens with one attached hydrogen (secondary N) is 1. The molecule has 2 heterocycles. The van der Waals surface area contributed by atoms with E-state index < -0.39 is 0 Å². The molecule has 2 aliphatic heterocycles. The highest BCUT2D eigenvalue weighted by Crippen LogP contribution is 2.20. The van der Waals surface area contributed by atoms with Crippen LogP contribution in [0.4, 0.5) is 0 Å². The molecular weight excluding hydrogens is 286 g/mol. The average molecular weight is 315 g/mol. The van der Waals surface area contributed by atoms with Gasteiger partial charge in [-0.05, 0) is 56.8 Å². The van der Waals surface area contributed by atoms with Crippen molar-refractivity contribution in [1.82, 2.24) is 15.1 Å². The molecule has 0 unspecified atom stereocenters. The van der Waals surface area contributed by atoms with Gasteiger partial charge in [0.05, 0.1) is 6.54 Å². The molecule has 2 aliphatic rings. The normalized spacial score (nSPS) is 20.7. The Balaban J connectivity index is 1.38. The van der Waals surface area contributed by atoms with Crippen LogP contribution in [0.5, 0.6) is 0 Å². The molecule has 23 heavy (non-hydrogen) atoms. The number of hydrogen-bond donors (Lipinski definition) is 1. The van der Waals surface area contributed by atoms with E-state index in [0.717, 1.165) is 19.1 Å². The van der Waals surface area contributed by atoms with E-state index in [4.69, 9.17) is 0 Å². The van der Waals surface area contributed by atoms with Gasteiger partial charge in [0.15, 0.2) is 0 Å². The van der Waals surface area contributed by atoms with E-state index in [9.17, 15) is 4.79 Å². The van der Waals surface area contributed by atoms with Crippen molar-refractivity contribution < 1.29 is 4.79 Å². The van der Waals surface area contributed by atoms with E-state index in [2.05, 4.69) is 34.2 Å². The van der Waals surface area contributed by atoms with Crippen LogP contribution in [0.25, 0.3) is 0 Å². The highest BCUT2D eigenvalue weighted by molar-refractivity contribution is 5.78. The molecule has 2 fully saturated rings. The second-order valence-electron chi connectivity index (χ2n) is 6.95. The van der Waals surface area contributed by atoms with Gasteiger partial charge in [0.25, 0.3) is 0 Å². The molecule has 0 aromatic heterocycles.